The first-order chi connectivity index (χ1) is 31.4. The van der Waals surface area contributed by atoms with Crippen LogP contribution in [0.25, 0.3) is 0 Å². The van der Waals surface area contributed by atoms with E-state index in [1.54, 1.807) is 12.1 Å². The first kappa shape index (κ1) is 55.0. The lowest BCUT2D eigenvalue weighted by molar-refractivity contribution is -0.0274. The Labute approximate surface area is 383 Å². The zero-order valence-electron chi connectivity index (χ0n) is 39.1. The first-order valence-electron chi connectivity index (χ1n) is 22.9. The number of esters is 1. The Balaban J connectivity index is 0.986. The van der Waals surface area contributed by atoms with E-state index in [4.69, 9.17) is 56.5 Å². The molecule has 0 aliphatic rings. The third-order valence-electron chi connectivity index (χ3n) is 9.75. The van der Waals surface area contributed by atoms with Crippen molar-refractivity contribution in [1.82, 2.24) is 0 Å². The maximum Gasteiger partial charge on any atom is 0.338 e. The summed E-state index contributed by atoms with van der Waals surface area (Å²) in [5.41, 5.74) is 1.51. The Morgan fingerprint density at radius 1 is 0.453 bits per heavy atom. The SMILES string of the molecule is CCCCNc1ccc(C(=O)OCCOCCOCCOCCOCCOCCOCCOCCOCCOCCOCCO[Si](c2ccccc2)(c2ccccc2)C(C)(C)C)cc1. The molecule has 0 spiro atoms. The Bertz CT molecular complexity index is 1490. The lowest BCUT2D eigenvalue weighted by Gasteiger charge is -2.43. The Hall–Kier alpha value is -3.29. The van der Waals surface area contributed by atoms with E-state index in [-0.39, 0.29) is 17.6 Å². The lowest BCUT2D eigenvalue weighted by Crippen LogP contribution is -2.66. The molecule has 3 aromatic rings. The predicted molar refractivity (Wildman–Crippen MR) is 252 cm³/mol. The number of carbonyl (C=O) groups is 1. The number of anilines is 1. The molecular weight excluding hydrogens is 839 g/mol. The van der Waals surface area contributed by atoms with Gasteiger partial charge in [-0.25, -0.2) is 4.79 Å². The minimum atomic E-state index is -2.55. The van der Waals surface area contributed by atoms with Crippen LogP contribution in [-0.2, 0) is 56.5 Å². The molecular formula is C49H77NO13Si. The summed E-state index contributed by atoms with van der Waals surface area (Å²) in [7, 11) is -2.55. The molecule has 64 heavy (non-hydrogen) atoms. The quantitative estimate of drug-likeness (QED) is 0.0417. The van der Waals surface area contributed by atoms with E-state index in [0.29, 0.717) is 144 Å². The second-order valence-electron chi connectivity index (χ2n) is 15.6. The minimum absolute atomic E-state index is 0.0632. The number of unbranched alkanes of at least 4 members (excludes halogenated alkanes) is 1. The number of benzene rings is 3. The molecule has 360 valence electrons. The van der Waals surface area contributed by atoms with Crippen molar-refractivity contribution in [3.8, 4) is 0 Å². The van der Waals surface area contributed by atoms with Gasteiger partial charge in [-0.05, 0) is 46.1 Å². The average molecular weight is 916 g/mol. The van der Waals surface area contributed by atoms with E-state index in [2.05, 4.69) is 93.7 Å². The molecule has 0 amide bonds. The standard InChI is InChI=1S/C49H77NO13Si/c1-5-6-21-50-45-19-17-44(18-20-45)48(51)62-42-40-60-38-36-58-34-32-56-30-28-54-26-24-52-22-23-53-25-27-55-29-31-57-33-35-59-37-39-61-41-43-63-64(49(2,3)4,46-13-9-7-10-14-46)47-15-11-8-12-16-47/h7-20,50H,5-6,21-43H2,1-4H3. The molecule has 0 aromatic heterocycles. The van der Waals surface area contributed by atoms with Crippen LogP contribution in [0.4, 0.5) is 5.69 Å². The zero-order valence-corrected chi connectivity index (χ0v) is 40.1. The predicted octanol–water partition coefficient (Wildman–Crippen LogP) is 5.80. The van der Waals surface area contributed by atoms with Gasteiger partial charge in [-0.1, -0.05) is 94.8 Å². The third kappa shape index (κ3) is 23.8. The van der Waals surface area contributed by atoms with Gasteiger partial charge in [0.05, 0.1) is 144 Å². The van der Waals surface area contributed by atoms with Crippen molar-refractivity contribution in [2.75, 3.05) is 157 Å². The van der Waals surface area contributed by atoms with Crippen molar-refractivity contribution in [3.63, 3.8) is 0 Å². The minimum Gasteiger partial charge on any atom is -0.460 e. The third-order valence-corrected chi connectivity index (χ3v) is 14.8. The molecule has 0 unspecified atom stereocenters. The molecule has 14 nitrogen and oxygen atoms in total. The average Bonchev–Trinajstić information content (AvgIpc) is 3.30. The smallest absolute Gasteiger partial charge is 0.338 e. The number of nitrogens with one attached hydrogen (secondary N) is 1. The molecule has 0 saturated carbocycles. The molecule has 3 aromatic carbocycles. The zero-order chi connectivity index (χ0) is 45.7. The van der Waals surface area contributed by atoms with E-state index in [0.717, 1.165) is 25.1 Å². The van der Waals surface area contributed by atoms with Crippen molar-refractivity contribution < 1.29 is 61.3 Å². The van der Waals surface area contributed by atoms with Crippen molar-refractivity contribution in [3.05, 3.63) is 90.5 Å². The van der Waals surface area contributed by atoms with Crippen molar-refractivity contribution in [2.45, 2.75) is 45.6 Å². The maximum absolute atomic E-state index is 12.2. The summed E-state index contributed by atoms with van der Waals surface area (Å²) in [5.74, 6) is -0.362. The van der Waals surface area contributed by atoms with Crippen LogP contribution in [0.3, 0.4) is 0 Å². The second kappa shape index (κ2) is 35.9. The summed E-state index contributed by atoms with van der Waals surface area (Å²) < 4.78 is 67.9. The highest BCUT2D eigenvalue weighted by molar-refractivity contribution is 6.99. The number of rotatable bonds is 41. The summed E-state index contributed by atoms with van der Waals surface area (Å²) in [5, 5.41) is 5.79. The van der Waals surface area contributed by atoms with Gasteiger partial charge in [-0.3, -0.25) is 0 Å². The van der Waals surface area contributed by atoms with Crippen LogP contribution >= 0.6 is 0 Å². The first-order valence-corrected chi connectivity index (χ1v) is 24.8. The topological polar surface area (TPSA) is 140 Å². The van der Waals surface area contributed by atoms with E-state index in [1.807, 2.05) is 12.1 Å². The van der Waals surface area contributed by atoms with Gasteiger partial charge in [0.2, 0.25) is 0 Å². The monoisotopic (exact) mass is 916 g/mol. The molecule has 0 saturated heterocycles. The lowest BCUT2D eigenvalue weighted by atomic mass is 10.2. The molecule has 3 rings (SSSR count). The van der Waals surface area contributed by atoms with E-state index < -0.39 is 8.32 Å². The summed E-state index contributed by atoms with van der Waals surface area (Å²) >= 11 is 0. The number of hydrogen-bond acceptors (Lipinski definition) is 14. The van der Waals surface area contributed by atoms with Crippen LogP contribution < -0.4 is 15.7 Å². The molecule has 0 aliphatic heterocycles. The van der Waals surface area contributed by atoms with Crippen LogP contribution in [0, 0.1) is 0 Å². The van der Waals surface area contributed by atoms with Gasteiger partial charge in [0, 0.05) is 12.2 Å². The molecule has 0 radical (unpaired) electrons. The fourth-order valence-corrected chi connectivity index (χ4v) is 11.1. The molecule has 0 atom stereocenters. The molecule has 0 heterocycles. The Morgan fingerprint density at radius 2 is 0.781 bits per heavy atom. The van der Waals surface area contributed by atoms with Gasteiger partial charge < -0.3 is 61.8 Å². The van der Waals surface area contributed by atoms with Gasteiger partial charge in [0.1, 0.15) is 6.61 Å². The van der Waals surface area contributed by atoms with E-state index >= 15 is 0 Å². The number of hydrogen-bond donors (Lipinski definition) is 1. The van der Waals surface area contributed by atoms with E-state index in [1.165, 1.54) is 10.4 Å². The van der Waals surface area contributed by atoms with Crippen LogP contribution in [0.1, 0.15) is 50.9 Å². The summed E-state index contributed by atoms with van der Waals surface area (Å²) in [6.45, 7) is 20.0. The van der Waals surface area contributed by atoms with Gasteiger partial charge >= 0.3 is 5.97 Å². The Kier molecular flexibility index (Phi) is 30.9. The largest absolute Gasteiger partial charge is 0.460 e. The molecule has 0 bridgehead atoms. The van der Waals surface area contributed by atoms with Crippen LogP contribution in [-0.4, -0.2) is 166 Å². The van der Waals surface area contributed by atoms with Crippen molar-refractivity contribution in [1.29, 1.82) is 0 Å². The fraction of sp³-hybridized carbons (Fsp3) is 0.612. The molecule has 1 N–H and O–H groups in total. The van der Waals surface area contributed by atoms with Gasteiger partial charge in [-0.15, -0.1) is 0 Å². The normalized spacial score (nSPS) is 11.9. The number of carbonyl (C=O) groups excluding carboxylic acids is 1. The van der Waals surface area contributed by atoms with Crippen molar-refractivity contribution >= 4 is 30.3 Å². The Morgan fingerprint density at radius 3 is 1.11 bits per heavy atom. The molecule has 0 fully saturated rings. The van der Waals surface area contributed by atoms with E-state index in [9.17, 15) is 4.79 Å². The molecule has 0 aliphatic carbocycles. The molecule has 15 heteroatoms. The van der Waals surface area contributed by atoms with Crippen LogP contribution in [0.2, 0.25) is 5.04 Å². The summed E-state index contributed by atoms with van der Waals surface area (Å²) in [6.07, 6.45) is 2.24. The summed E-state index contributed by atoms with van der Waals surface area (Å²) in [6, 6.07) is 28.6. The maximum atomic E-state index is 12.2. The second-order valence-corrected chi connectivity index (χ2v) is 19.9. The summed E-state index contributed by atoms with van der Waals surface area (Å²) in [4.78, 5) is 12.2. The van der Waals surface area contributed by atoms with Crippen LogP contribution in [0.15, 0.2) is 84.9 Å². The highest BCUT2D eigenvalue weighted by Crippen LogP contribution is 2.36. The fourth-order valence-electron chi connectivity index (χ4n) is 6.51. The van der Waals surface area contributed by atoms with Gasteiger partial charge in [-0.2, -0.15) is 0 Å². The van der Waals surface area contributed by atoms with Crippen LogP contribution in [0.5, 0.6) is 0 Å². The van der Waals surface area contributed by atoms with Gasteiger partial charge in [0.15, 0.2) is 0 Å². The highest BCUT2D eigenvalue weighted by Gasteiger charge is 2.50. The number of ether oxygens (including phenoxy) is 11. The highest BCUT2D eigenvalue weighted by atomic mass is 28.4. The van der Waals surface area contributed by atoms with Gasteiger partial charge in [0.25, 0.3) is 8.32 Å². The van der Waals surface area contributed by atoms with Crippen molar-refractivity contribution in [2.24, 2.45) is 0 Å².